The number of halogens is 1. The summed E-state index contributed by atoms with van der Waals surface area (Å²) in [7, 11) is 0. The monoisotopic (exact) mass is 267 g/mol. The second-order valence-corrected chi connectivity index (χ2v) is 3.26. The maximum atomic E-state index is 4.28. The largest absolute Gasteiger partial charge is 1.00 e. The zero-order valence-electron chi connectivity index (χ0n) is 8.68. The third kappa shape index (κ3) is 2.89. The normalized spacial score (nSPS) is 9.67. The number of hydrogen-bond acceptors (Lipinski definition) is 1. The molecule has 0 N–H and O–H groups in total. The van der Waals surface area contributed by atoms with Crippen LogP contribution in [0.15, 0.2) is 43.0 Å². The third-order valence-electron chi connectivity index (χ3n) is 2.08. The smallest absolute Gasteiger partial charge is 0.265 e. The lowest BCUT2D eigenvalue weighted by molar-refractivity contribution is -0.697. The van der Waals surface area contributed by atoms with Gasteiger partial charge in [-0.3, -0.25) is 0 Å². The Morgan fingerprint density at radius 3 is 2.67 bits per heavy atom. The molecule has 0 radical (unpaired) electrons. The highest BCUT2D eigenvalue weighted by molar-refractivity contribution is 5.28. The van der Waals surface area contributed by atoms with E-state index in [0.717, 1.165) is 18.7 Å². The van der Waals surface area contributed by atoms with E-state index in [-0.39, 0.29) is 17.0 Å². The van der Waals surface area contributed by atoms with Crippen molar-refractivity contribution in [3.63, 3.8) is 0 Å². The fourth-order valence-electron chi connectivity index (χ4n) is 1.41. The SMILES string of the molecule is CCC[n+]1cnn(-c2ccccc2)c1.[Br-]. The average Bonchev–Trinajstić information content (AvgIpc) is 2.68. The van der Waals surface area contributed by atoms with Gasteiger partial charge in [0.15, 0.2) is 0 Å². The van der Waals surface area contributed by atoms with E-state index >= 15 is 0 Å². The minimum absolute atomic E-state index is 0. The summed E-state index contributed by atoms with van der Waals surface area (Å²) >= 11 is 0. The molecule has 0 bridgehead atoms. The lowest BCUT2D eigenvalue weighted by Gasteiger charge is -1.91. The van der Waals surface area contributed by atoms with Crippen LogP contribution in [-0.4, -0.2) is 9.78 Å². The first-order valence-electron chi connectivity index (χ1n) is 4.89. The van der Waals surface area contributed by atoms with E-state index in [4.69, 9.17) is 0 Å². The molecule has 2 rings (SSSR count). The van der Waals surface area contributed by atoms with Crippen LogP contribution >= 0.6 is 0 Å². The Kier molecular flexibility index (Phi) is 4.49. The van der Waals surface area contributed by atoms with Gasteiger partial charge >= 0.3 is 0 Å². The quantitative estimate of drug-likeness (QED) is 0.626. The Bertz CT molecular complexity index is 397. The van der Waals surface area contributed by atoms with E-state index in [0.29, 0.717) is 0 Å². The first-order chi connectivity index (χ1) is 6.90. The van der Waals surface area contributed by atoms with Crippen LogP contribution in [0.3, 0.4) is 0 Å². The molecule has 0 aliphatic heterocycles. The highest BCUT2D eigenvalue weighted by Crippen LogP contribution is 2.02. The summed E-state index contributed by atoms with van der Waals surface area (Å²) in [6, 6.07) is 10.1. The number of para-hydroxylation sites is 1. The van der Waals surface area contributed by atoms with Crippen molar-refractivity contribution in [3.05, 3.63) is 43.0 Å². The molecular weight excluding hydrogens is 254 g/mol. The lowest BCUT2D eigenvalue weighted by atomic mass is 10.3. The van der Waals surface area contributed by atoms with E-state index in [9.17, 15) is 0 Å². The predicted octanol–water partition coefficient (Wildman–Crippen LogP) is -1.43. The molecule has 2 aromatic rings. The molecule has 0 saturated carbocycles. The fourth-order valence-corrected chi connectivity index (χ4v) is 1.41. The molecule has 4 heteroatoms. The van der Waals surface area contributed by atoms with E-state index < -0.39 is 0 Å². The minimum atomic E-state index is 0. The molecule has 1 heterocycles. The van der Waals surface area contributed by atoms with Gasteiger partial charge in [-0.05, 0) is 18.6 Å². The van der Waals surface area contributed by atoms with Crippen molar-refractivity contribution >= 4 is 0 Å². The predicted molar refractivity (Wildman–Crippen MR) is 54.1 cm³/mol. The summed E-state index contributed by atoms with van der Waals surface area (Å²) < 4.78 is 3.97. The Morgan fingerprint density at radius 1 is 1.27 bits per heavy atom. The van der Waals surface area contributed by atoms with Gasteiger partial charge in [-0.2, -0.15) is 0 Å². The number of hydrogen-bond donors (Lipinski definition) is 0. The van der Waals surface area contributed by atoms with Crippen molar-refractivity contribution < 1.29 is 21.5 Å². The molecule has 0 aliphatic rings. The molecule has 0 spiro atoms. The highest BCUT2D eigenvalue weighted by atomic mass is 79.9. The second-order valence-electron chi connectivity index (χ2n) is 3.26. The topological polar surface area (TPSA) is 21.7 Å². The second kappa shape index (κ2) is 5.66. The number of nitrogens with zero attached hydrogens (tertiary/aromatic N) is 3. The van der Waals surface area contributed by atoms with Gasteiger partial charge in [-0.25, -0.2) is 4.57 Å². The van der Waals surface area contributed by atoms with Crippen molar-refractivity contribution in [2.75, 3.05) is 0 Å². The van der Waals surface area contributed by atoms with Gasteiger partial charge in [0.25, 0.3) is 6.33 Å². The summed E-state index contributed by atoms with van der Waals surface area (Å²) in [6.45, 7) is 3.18. The average molecular weight is 268 g/mol. The standard InChI is InChI=1S/C11H14N3.BrH/c1-2-8-13-9-12-14(10-13)11-6-4-3-5-7-11;/h3-7,9-10H,2,8H2,1H3;1H/q+1;/p-1. The van der Waals surface area contributed by atoms with Crippen molar-refractivity contribution in [2.24, 2.45) is 0 Å². The molecule has 1 aromatic heterocycles. The molecule has 0 atom stereocenters. The zero-order valence-corrected chi connectivity index (χ0v) is 10.3. The molecule has 3 nitrogen and oxygen atoms in total. The van der Waals surface area contributed by atoms with Gasteiger partial charge < -0.3 is 17.0 Å². The van der Waals surface area contributed by atoms with Crippen molar-refractivity contribution in [2.45, 2.75) is 19.9 Å². The van der Waals surface area contributed by atoms with Crippen molar-refractivity contribution in [1.29, 1.82) is 0 Å². The van der Waals surface area contributed by atoms with E-state index in [1.807, 2.05) is 47.7 Å². The van der Waals surface area contributed by atoms with Crippen LogP contribution in [0.1, 0.15) is 13.3 Å². The first-order valence-corrected chi connectivity index (χ1v) is 4.89. The molecule has 0 unspecified atom stereocenters. The molecule has 0 aliphatic carbocycles. The lowest BCUT2D eigenvalue weighted by Crippen LogP contribution is -3.00. The maximum absolute atomic E-state index is 4.28. The van der Waals surface area contributed by atoms with Gasteiger partial charge in [0.05, 0.1) is 6.54 Å². The highest BCUT2D eigenvalue weighted by Gasteiger charge is 2.06. The van der Waals surface area contributed by atoms with E-state index in [1.165, 1.54) is 0 Å². The number of aryl methyl sites for hydroxylation is 1. The molecule has 1 aromatic carbocycles. The minimum Gasteiger partial charge on any atom is -1.00 e. The van der Waals surface area contributed by atoms with Crippen molar-refractivity contribution in [1.82, 2.24) is 9.78 Å². The van der Waals surface area contributed by atoms with Gasteiger partial charge in [0.1, 0.15) is 5.69 Å². The fraction of sp³-hybridized carbons (Fsp3) is 0.273. The van der Waals surface area contributed by atoms with Crippen LogP contribution in [0, 0.1) is 0 Å². The molecule has 15 heavy (non-hydrogen) atoms. The Balaban J connectivity index is 0.00000112. The van der Waals surface area contributed by atoms with Crippen LogP contribution in [0.25, 0.3) is 5.69 Å². The summed E-state index contributed by atoms with van der Waals surface area (Å²) in [5, 5.41) is 4.28. The van der Waals surface area contributed by atoms with Gasteiger partial charge in [-0.1, -0.05) is 29.8 Å². The summed E-state index contributed by atoms with van der Waals surface area (Å²) in [6.07, 6.45) is 5.00. The molecule has 0 fully saturated rings. The van der Waals surface area contributed by atoms with Crippen LogP contribution < -0.4 is 21.5 Å². The van der Waals surface area contributed by atoms with Gasteiger partial charge in [-0.15, -0.1) is 0 Å². The molecular formula is C11H14BrN3. The zero-order chi connectivity index (χ0) is 9.80. The van der Waals surface area contributed by atoms with Crippen LogP contribution in [0.4, 0.5) is 0 Å². The molecule has 0 amide bonds. The van der Waals surface area contributed by atoms with Crippen LogP contribution in [-0.2, 0) is 6.54 Å². The number of benzene rings is 1. The van der Waals surface area contributed by atoms with Crippen LogP contribution in [0.5, 0.6) is 0 Å². The van der Waals surface area contributed by atoms with E-state index in [1.54, 1.807) is 0 Å². The number of rotatable bonds is 3. The van der Waals surface area contributed by atoms with E-state index in [2.05, 4.69) is 16.6 Å². The maximum Gasteiger partial charge on any atom is 0.265 e. The Labute approximate surface area is 100 Å². The Hall–Kier alpha value is -1.16. The first kappa shape index (κ1) is 11.9. The molecule has 0 saturated heterocycles. The Morgan fingerprint density at radius 2 is 2.00 bits per heavy atom. The van der Waals surface area contributed by atoms with Gasteiger partial charge in [0.2, 0.25) is 6.33 Å². The van der Waals surface area contributed by atoms with Crippen LogP contribution in [0.2, 0.25) is 0 Å². The summed E-state index contributed by atoms with van der Waals surface area (Å²) in [5.74, 6) is 0. The number of aromatic nitrogens is 3. The summed E-state index contributed by atoms with van der Waals surface area (Å²) in [4.78, 5) is 0. The van der Waals surface area contributed by atoms with Gasteiger partial charge in [0, 0.05) is 5.10 Å². The molecule has 80 valence electrons. The summed E-state index contributed by atoms with van der Waals surface area (Å²) in [5.41, 5.74) is 1.10. The third-order valence-corrected chi connectivity index (χ3v) is 2.08. The van der Waals surface area contributed by atoms with Crippen molar-refractivity contribution in [3.8, 4) is 5.69 Å².